The molecule has 102 valence electrons. The second kappa shape index (κ2) is 5.70. The van der Waals surface area contributed by atoms with Crippen molar-refractivity contribution >= 4 is 0 Å². The van der Waals surface area contributed by atoms with Crippen molar-refractivity contribution in [2.45, 2.75) is 40.2 Å². The molecule has 0 aromatic heterocycles. The van der Waals surface area contributed by atoms with Crippen LogP contribution in [-0.2, 0) is 0 Å². The highest BCUT2D eigenvalue weighted by Gasteiger charge is 2.24. The maximum Gasteiger partial charge on any atom is 0.132 e. The summed E-state index contributed by atoms with van der Waals surface area (Å²) >= 11 is 0. The molecular weight excluding hydrogens is 231 g/mol. The molecule has 0 saturated heterocycles. The molecule has 0 heterocycles. The molecule has 1 aromatic rings. The second-order valence-corrected chi connectivity index (χ2v) is 5.91. The summed E-state index contributed by atoms with van der Waals surface area (Å²) in [6.07, 6.45) is -0.225. The first-order chi connectivity index (χ1) is 8.25. The molecule has 18 heavy (non-hydrogen) atoms. The van der Waals surface area contributed by atoms with Gasteiger partial charge in [0.25, 0.3) is 0 Å². The quantitative estimate of drug-likeness (QED) is 0.881. The van der Waals surface area contributed by atoms with Crippen molar-refractivity contribution in [1.29, 1.82) is 0 Å². The van der Waals surface area contributed by atoms with Crippen LogP contribution < -0.4 is 4.74 Å². The van der Waals surface area contributed by atoms with Crippen molar-refractivity contribution in [3.05, 3.63) is 29.6 Å². The van der Waals surface area contributed by atoms with Crippen molar-refractivity contribution < 1.29 is 14.2 Å². The third kappa shape index (κ3) is 3.70. The average molecular weight is 254 g/mol. The van der Waals surface area contributed by atoms with Crippen LogP contribution in [0.2, 0.25) is 0 Å². The summed E-state index contributed by atoms with van der Waals surface area (Å²) in [5.74, 6) is 0.351. The standard InChI is InChI=1S/C15H23FO2/c1-10(15(2,3)4)8-14(17)12-7-6-11(18-5)9-13(12)16/h6-7,9-10,14,17H,8H2,1-5H3. The molecule has 1 N–H and O–H groups in total. The number of aliphatic hydroxyl groups is 1. The highest BCUT2D eigenvalue weighted by molar-refractivity contribution is 5.30. The molecular formula is C15H23FO2. The van der Waals surface area contributed by atoms with Crippen LogP contribution in [0.1, 0.15) is 45.8 Å². The Labute approximate surface area is 109 Å². The number of hydrogen-bond donors (Lipinski definition) is 1. The number of methoxy groups -OCH3 is 1. The van der Waals surface area contributed by atoms with E-state index in [4.69, 9.17) is 4.74 Å². The first-order valence-corrected chi connectivity index (χ1v) is 6.27. The number of halogens is 1. The van der Waals surface area contributed by atoms with Gasteiger partial charge in [0.05, 0.1) is 13.2 Å². The van der Waals surface area contributed by atoms with Crippen LogP contribution in [0.15, 0.2) is 18.2 Å². The fraction of sp³-hybridized carbons (Fsp3) is 0.600. The van der Waals surface area contributed by atoms with Gasteiger partial charge in [-0.2, -0.15) is 0 Å². The molecule has 0 saturated carbocycles. The summed E-state index contributed by atoms with van der Waals surface area (Å²) in [4.78, 5) is 0. The Kier molecular flexibility index (Phi) is 4.74. The average Bonchev–Trinajstić information content (AvgIpc) is 2.27. The van der Waals surface area contributed by atoms with Crippen LogP contribution in [0.4, 0.5) is 4.39 Å². The molecule has 0 spiro atoms. The van der Waals surface area contributed by atoms with Crippen molar-refractivity contribution in [3.8, 4) is 5.75 Å². The van der Waals surface area contributed by atoms with Gasteiger partial charge in [0, 0.05) is 11.6 Å². The molecule has 2 atom stereocenters. The fourth-order valence-electron chi connectivity index (χ4n) is 1.72. The molecule has 3 heteroatoms. The van der Waals surface area contributed by atoms with Gasteiger partial charge in [-0.25, -0.2) is 4.39 Å². The normalized spacial score (nSPS) is 15.3. The Morgan fingerprint density at radius 3 is 2.39 bits per heavy atom. The third-order valence-electron chi connectivity index (χ3n) is 3.62. The number of hydrogen-bond acceptors (Lipinski definition) is 2. The van der Waals surface area contributed by atoms with E-state index in [0.717, 1.165) is 0 Å². The Morgan fingerprint density at radius 2 is 1.94 bits per heavy atom. The second-order valence-electron chi connectivity index (χ2n) is 5.91. The van der Waals surface area contributed by atoms with E-state index >= 15 is 0 Å². The van der Waals surface area contributed by atoms with Crippen LogP contribution in [0.5, 0.6) is 5.75 Å². The first-order valence-electron chi connectivity index (χ1n) is 6.27. The molecule has 0 aliphatic carbocycles. The summed E-state index contributed by atoms with van der Waals surface area (Å²) in [5, 5.41) is 10.1. The molecule has 0 amide bonds. The monoisotopic (exact) mass is 254 g/mol. The summed E-state index contributed by atoms with van der Waals surface area (Å²) in [6, 6.07) is 4.57. The van der Waals surface area contributed by atoms with Crippen LogP contribution in [0.25, 0.3) is 0 Å². The van der Waals surface area contributed by atoms with Gasteiger partial charge in [0.1, 0.15) is 11.6 Å². The molecule has 0 fully saturated rings. The number of aliphatic hydroxyl groups excluding tert-OH is 1. The van der Waals surface area contributed by atoms with Gasteiger partial charge in [-0.05, 0) is 29.9 Å². The van der Waals surface area contributed by atoms with Gasteiger partial charge in [0.15, 0.2) is 0 Å². The lowest BCUT2D eigenvalue weighted by Crippen LogP contribution is -2.20. The van der Waals surface area contributed by atoms with Crippen LogP contribution in [0, 0.1) is 17.2 Å². The third-order valence-corrected chi connectivity index (χ3v) is 3.62. The van der Waals surface area contributed by atoms with E-state index < -0.39 is 11.9 Å². The van der Waals surface area contributed by atoms with Crippen molar-refractivity contribution in [1.82, 2.24) is 0 Å². The highest BCUT2D eigenvalue weighted by Crippen LogP contribution is 2.34. The number of rotatable bonds is 4. The molecule has 2 nitrogen and oxygen atoms in total. The van der Waals surface area contributed by atoms with Crippen LogP contribution >= 0.6 is 0 Å². The highest BCUT2D eigenvalue weighted by atomic mass is 19.1. The zero-order valence-electron chi connectivity index (χ0n) is 11.8. The lowest BCUT2D eigenvalue weighted by Gasteiger charge is -2.29. The summed E-state index contributed by atoms with van der Waals surface area (Å²) in [7, 11) is 1.49. The van der Waals surface area contributed by atoms with E-state index in [1.54, 1.807) is 12.1 Å². The summed E-state index contributed by atoms with van der Waals surface area (Å²) in [6.45, 7) is 8.43. The number of benzene rings is 1. The summed E-state index contributed by atoms with van der Waals surface area (Å²) < 4.78 is 18.7. The van der Waals surface area contributed by atoms with Gasteiger partial charge in [0.2, 0.25) is 0 Å². The van der Waals surface area contributed by atoms with Gasteiger partial charge in [-0.3, -0.25) is 0 Å². The van der Waals surface area contributed by atoms with Crippen LogP contribution in [0.3, 0.4) is 0 Å². The topological polar surface area (TPSA) is 29.5 Å². The van der Waals surface area contributed by atoms with E-state index in [9.17, 15) is 9.50 Å². The molecule has 2 unspecified atom stereocenters. The molecule has 1 aromatic carbocycles. The predicted octanol–water partition coefficient (Wildman–Crippen LogP) is 3.94. The minimum absolute atomic E-state index is 0.101. The van der Waals surface area contributed by atoms with Gasteiger partial charge in [-0.15, -0.1) is 0 Å². The molecule has 0 aliphatic rings. The van der Waals surface area contributed by atoms with E-state index in [1.807, 2.05) is 0 Å². The Hall–Kier alpha value is -1.09. The molecule has 0 radical (unpaired) electrons. The Bertz CT molecular complexity index is 396. The smallest absolute Gasteiger partial charge is 0.132 e. The maximum atomic E-state index is 13.8. The molecule has 0 bridgehead atoms. The lowest BCUT2D eigenvalue weighted by molar-refractivity contribution is 0.108. The Balaban J connectivity index is 2.81. The zero-order chi connectivity index (χ0) is 13.9. The largest absolute Gasteiger partial charge is 0.497 e. The number of ether oxygens (including phenoxy) is 1. The van der Waals surface area contributed by atoms with Crippen LogP contribution in [-0.4, -0.2) is 12.2 Å². The van der Waals surface area contributed by atoms with Crippen molar-refractivity contribution in [2.75, 3.05) is 7.11 Å². The fourth-order valence-corrected chi connectivity index (χ4v) is 1.72. The minimum atomic E-state index is -0.773. The lowest BCUT2D eigenvalue weighted by atomic mass is 9.78. The van der Waals surface area contributed by atoms with E-state index in [2.05, 4.69) is 27.7 Å². The minimum Gasteiger partial charge on any atom is -0.497 e. The van der Waals surface area contributed by atoms with Crippen molar-refractivity contribution in [3.63, 3.8) is 0 Å². The maximum absolute atomic E-state index is 13.8. The van der Waals surface area contributed by atoms with Gasteiger partial charge >= 0.3 is 0 Å². The zero-order valence-corrected chi connectivity index (χ0v) is 11.8. The SMILES string of the molecule is COc1ccc(C(O)CC(C)C(C)(C)C)c(F)c1. The van der Waals surface area contributed by atoms with Crippen molar-refractivity contribution in [2.24, 2.45) is 11.3 Å². The first kappa shape index (κ1) is 15.0. The van der Waals surface area contributed by atoms with E-state index in [1.165, 1.54) is 13.2 Å². The molecule has 1 rings (SSSR count). The predicted molar refractivity (Wildman–Crippen MR) is 71.1 cm³/mol. The molecule has 0 aliphatic heterocycles. The van der Waals surface area contributed by atoms with Gasteiger partial charge < -0.3 is 9.84 Å². The van der Waals surface area contributed by atoms with E-state index in [0.29, 0.717) is 23.7 Å². The summed E-state index contributed by atoms with van der Waals surface area (Å²) in [5.41, 5.74) is 0.441. The van der Waals surface area contributed by atoms with E-state index in [-0.39, 0.29) is 5.41 Å². The van der Waals surface area contributed by atoms with Gasteiger partial charge in [-0.1, -0.05) is 27.7 Å². The Morgan fingerprint density at radius 1 is 1.33 bits per heavy atom.